The quantitative estimate of drug-likeness (QED) is 0.223. The molecule has 4 nitrogen and oxygen atoms in total. The van der Waals surface area contributed by atoms with Crippen LogP contribution in [0.3, 0.4) is 0 Å². The second-order valence-electron chi connectivity index (χ2n) is 6.91. The fourth-order valence-electron chi connectivity index (χ4n) is 3.40. The third-order valence-electron chi connectivity index (χ3n) is 4.92. The number of para-hydroxylation sites is 1. The molecule has 0 N–H and O–H groups in total. The zero-order chi connectivity index (χ0) is 20.8. The van der Waals surface area contributed by atoms with Crippen molar-refractivity contribution in [2.75, 3.05) is 19.3 Å². The van der Waals surface area contributed by atoms with Crippen molar-refractivity contribution in [3.05, 3.63) is 108 Å². The Morgan fingerprint density at radius 3 is 2.13 bits per heavy atom. The average Bonchev–Trinajstić information content (AvgIpc) is 2.82. The van der Waals surface area contributed by atoms with E-state index in [0.29, 0.717) is 12.4 Å². The molecule has 0 amide bonds. The number of hydrogen-bond acceptors (Lipinski definition) is 4. The predicted octanol–water partition coefficient (Wildman–Crippen LogP) is 6.13. The Balaban J connectivity index is 1.59. The van der Waals surface area contributed by atoms with Gasteiger partial charge in [0.15, 0.2) is 0 Å². The topological polar surface area (TPSA) is 34.1 Å². The SMILES string of the molecule is CO/C(=N\c1ccc2cc(CN(OC)c3ccccc3)ccc2c1)c1ccccc1. The van der Waals surface area contributed by atoms with Crippen LogP contribution in [0.1, 0.15) is 11.1 Å². The van der Waals surface area contributed by atoms with Crippen LogP contribution in [-0.4, -0.2) is 20.1 Å². The van der Waals surface area contributed by atoms with E-state index in [2.05, 4.69) is 35.3 Å². The summed E-state index contributed by atoms with van der Waals surface area (Å²) >= 11 is 0. The molecule has 0 spiro atoms. The minimum atomic E-state index is 0.602. The zero-order valence-corrected chi connectivity index (χ0v) is 17.2. The van der Waals surface area contributed by atoms with Crippen molar-refractivity contribution < 1.29 is 9.57 Å². The van der Waals surface area contributed by atoms with Crippen LogP contribution in [0, 0.1) is 0 Å². The number of anilines is 1. The van der Waals surface area contributed by atoms with Gasteiger partial charge < -0.3 is 4.74 Å². The zero-order valence-electron chi connectivity index (χ0n) is 17.2. The Bertz CT molecular complexity index is 1140. The molecule has 4 aromatic rings. The molecule has 4 heteroatoms. The lowest BCUT2D eigenvalue weighted by molar-refractivity contribution is 0.163. The number of fused-ring (bicyclic) bond motifs is 1. The fourth-order valence-corrected chi connectivity index (χ4v) is 3.40. The monoisotopic (exact) mass is 396 g/mol. The number of hydroxylamine groups is 1. The van der Waals surface area contributed by atoms with Crippen LogP contribution in [0.5, 0.6) is 0 Å². The fraction of sp³-hybridized carbons (Fsp3) is 0.115. The number of ether oxygens (including phenoxy) is 1. The van der Waals surface area contributed by atoms with Gasteiger partial charge in [0.25, 0.3) is 0 Å². The molecule has 0 unspecified atom stereocenters. The molecule has 0 saturated carbocycles. The van der Waals surface area contributed by atoms with E-state index in [1.807, 2.05) is 71.8 Å². The van der Waals surface area contributed by atoms with Crippen molar-refractivity contribution in [2.24, 2.45) is 4.99 Å². The second-order valence-corrected chi connectivity index (χ2v) is 6.91. The largest absolute Gasteiger partial charge is 0.481 e. The lowest BCUT2D eigenvalue weighted by atomic mass is 10.1. The van der Waals surface area contributed by atoms with E-state index in [1.165, 1.54) is 5.56 Å². The molecule has 0 saturated heterocycles. The lowest BCUT2D eigenvalue weighted by Gasteiger charge is -2.22. The van der Waals surface area contributed by atoms with Crippen molar-refractivity contribution in [1.82, 2.24) is 0 Å². The van der Waals surface area contributed by atoms with Crippen LogP contribution in [0.4, 0.5) is 11.4 Å². The second kappa shape index (κ2) is 9.25. The molecule has 0 atom stereocenters. The van der Waals surface area contributed by atoms with Crippen LogP contribution < -0.4 is 5.06 Å². The molecule has 0 radical (unpaired) electrons. The number of methoxy groups -OCH3 is 1. The molecule has 0 aliphatic heterocycles. The molecule has 0 aliphatic rings. The van der Waals surface area contributed by atoms with Crippen LogP contribution in [-0.2, 0) is 16.1 Å². The molecular formula is C26H24N2O2. The summed E-state index contributed by atoms with van der Waals surface area (Å²) in [6.07, 6.45) is 0. The minimum Gasteiger partial charge on any atom is -0.481 e. The smallest absolute Gasteiger partial charge is 0.220 e. The van der Waals surface area contributed by atoms with Gasteiger partial charge in [-0.2, -0.15) is 0 Å². The maximum absolute atomic E-state index is 5.57. The first-order chi connectivity index (χ1) is 14.8. The highest BCUT2D eigenvalue weighted by atomic mass is 16.7. The number of nitrogens with zero attached hydrogens (tertiary/aromatic N) is 2. The van der Waals surface area contributed by atoms with E-state index in [4.69, 9.17) is 9.57 Å². The Morgan fingerprint density at radius 2 is 1.43 bits per heavy atom. The van der Waals surface area contributed by atoms with Crippen LogP contribution in [0.15, 0.2) is 102 Å². The summed E-state index contributed by atoms with van der Waals surface area (Å²) in [6.45, 7) is 0.665. The van der Waals surface area contributed by atoms with Gasteiger partial charge in [0, 0.05) is 5.56 Å². The molecule has 0 fully saturated rings. The molecule has 0 bridgehead atoms. The molecule has 150 valence electrons. The summed E-state index contributed by atoms with van der Waals surface area (Å²) < 4.78 is 5.50. The third-order valence-corrected chi connectivity index (χ3v) is 4.92. The van der Waals surface area contributed by atoms with E-state index in [1.54, 1.807) is 14.2 Å². The highest BCUT2D eigenvalue weighted by Gasteiger charge is 2.08. The number of rotatable bonds is 6. The van der Waals surface area contributed by atoms with E-state index < -0.39 is 0 Å². The van der Waals surface area contributed by atoms with Gasteiger partial charge in [0.05, 0.1) is 32.1 Å². The summed E-state index contributed by atoms with van der Waals surface area (Å²) in [4.78, 5) is 10.3. The third kappa shape index (κ3) is 4.50. The van der Waals surface area contributed by atoms with Gasteiger partial charge >= 0.3 is 0 Å². The van der Waals surface area contributed by atoms with Crippen molar-refractivity contribution in [2.45, 2.75) is 6.54 Å². The summed E-state index contributed by atoms with van der Waals surface area (Å²) in [5, 5.41) is 4.17. The number of aliphatic imine (C=N–C) groups is 1. The molecule has 4 aromatic carbocycles. The lowest BCUT2D eigenvalue weighted by Crippen LogP contribution is -2.20. The van der Waals surface area contributed by atoms with E-state index in [0.717, 1.165) is 27.7 Å². The van der Waals surface area contributed by atoms with Crippen molar-refractivity contribution in [1.29, 1.82) is 0 Å². The number of benzene rings is 4. The summed E-state index contributed by atoms with van der Waals surface area (Å²) in [7, 11) is 3.34. The van der Waals surface area contributed by atoms with Crippen molar-refractivity contribution >= 4 is 28.0 Å². The predicted molar refractivity (Wildman–Crippen MR) is 123 cm³/mol. The Kier molecular flexibility index (Phi) is 6.06. The maximum Gasteiger partial charge on any atom is 0.220 e. The minimum absolute atomic E-state index is 0.602. The Labute approximate surface area is 177 Å². The molecular weight excluding hydrogens is 372 g/mol. The Hall–Kier alpha value is -3.63. The summed E-state index contributed by atoms with van der Waals surface area (Å²) in [5.41, 5.74) is 4.01. The Morgan fingerprint density at radius 1 is 0.767 bits per heavy atom. The first kappa shape index (κ1) is 19.7. The van der Waals surface area contributed by atoms with Gasteiger partial charge in [0.1, 0.15) is 0 Å². The van der Waals surface area contributed by atoms with Gasteiger partial charge in [-0.3, -0.25) is 9.90 Å². The number of hydrogen-bond donors (Lipinski definition) is 0. The normalized spacial score (nSPS) is 11.5. The highest BCUT2D eigenvalue weighted by Crippen LogP contribution is 2.25. The van der Waals surface area contributed by atoms with Crippen molar-refractivity contribution in [3.63, 3.8) is 0 Å². The summed E-state index contributed by atoms with van der Waals surface area (Å²) in [6, 6.07) is 32.6. The van der Waals surface area contributed by atoms with E-state index in [9.17, 15) is 0 Å². The molecule has 0 aromatic heterocycles. The first-order valence-electron chi connectivity index (χ1n) is 9.84. The van der Waals surface area contributed by atoms with Gasteiger partial charge in [-0.1, -0.05) is 54.6 Å². The standard InChI is InChI=1S/C26H24N2O2/c1-29-26(21-9-5-3-6-10-21)27-24-16-15-22-17-20(13-14-23(22)18-24)19-28(30-2)25-11-7-4-8-12-25/h3-18H,19H2,1-2H3/b27-26-. The molecule has 4 rings (SSSR count). The van der Waals surface area contributed by atoms with Crippen LogP contribution in [0.25, 0.3) is 10.8 Å². The van der Waals surface area contributed by atoms with Gasteiger partial charge in [-0.15, -0.1) is 0 Å². The average molecular weight is 396 g/mol. The molecule has 30 heavy (non-hydrogen) atoms. The van der Waals surface area contributed by atoms with Gasteiger partial charge in [0.2, 0.25) is 5.90 Å². The van der Waals surface area contributed by atoms with Gasteiger partial charge in [-0.05, 0) is 58.8 Å². The van der Waals surface area contributed by atoms with Crippen LogP contribution in [0.2, 0.25) is 0 Å². The van der Waals surface area contributed by atoms with Crippen LogP contribution >= 0.6 is 0 Å². The molecule has 0 aliphatic carbocycles. The van der Waals surface area contributed by atoms with Crippen molar-refractivity contribution in [3.8, 4) is 0 Å². The molecule has 0 heterocycles. The van der Waals surface area contributed by atoms with E-state index >= 15 is 0 Å². The van der Waals surface area contributed by atoms with E-state index in [-0.39, 0.29) is 0 Å². The first-order valence-corrected chi connectivity index (χ1v) is 9.84. The highest BCUT2D eigenvalue weighted by molar-refractivity contribution is 5.96. The maximum atomic E-state index is 5.57. The summed E-state index contributed by atoms with van der Waals surface area (Å²) in [5.74, 6) is 0.602. The van der Waals surface area contributed by atoms with Gasteiger partial charge in [-0.25, -0.2) is 4.99 Å².